The van der Waals surface area contributed by atoms with E-state index in [1.807, 2.05) is 24.3 Å². The molecule has 0 aliphatic heterocycles. The van der Waals surface area contributed by atoms with Crippen molar-refractivity contribution in [2.24, 2.45) is 0 Å². The van der Waals surface area contributed by atoms with Gasteiger partial charge in [0.1, 0.15) is 11.6 Å². The van der Waals surface area contributed by atoms with E-state index in [0.717, 1.165) is 42.0 Å². The summed E-state index contributed by atoms with van der Waals surface area (Å²) in [6, 6.07) is 14.3. The fourth-order valence-corrected chi connectivity index (χ4v) is 3.26. The van der Waals surface area contributed by atoms with Gasteiger partial charge in [-0.1, -0.05) is 36.4 Å². The predicted molar refractivity (Wildman–Crippen MR) is 112 cm³/mol. The predicted octanol–water partition coefficient (Wildman–Crippen LogP) is 4.31. The number of ether oxygens (including phenoxy) is 1. The molecule has 1 heterocycles. The van der Waals surface area contributed by atoms with Crippen LogP contribution in [0.4, 0.5) is 0 Å². The van der Waals surface area contributed by atoms with E-state index in [2.05, 4.69) is 53.5 Å². The van der Waals surface area contributed by atoms with Crippen molar-refractivity contribution in [3.8, 4) is 5.75 Å². The Labute approximate surface area is 166 Å². The van der Waals surface area contributed by atoms with Gasteiger partial charge in [0, 0.05) is 6.54 Å². The second kappa shape index (κ2) is 9.22. The Morgan fingerprint density at radius 3 is 2.82 bits per heavy atom. The van der Waals surface area contributed by atoms with E-state index < -0.39 is 0 Å². The highest BCUT2D eigenvalue weighted by molar-refractivity contribution is 5.86. The molecule has 0 saturated carbocycles. The van der Waals surface area contributed by atoms with E-state index >= 15 is 0 Å². The van der Waals surface area contributed by atoms with Crippen molar-refractivity contribution in [1.29, 1.82) is 0 Å². The summed E-state index contributed by atoms with van der Waals surface area (Å²) < 4.78 is 8.11. The first-order valence-electron chi connectivity index (χ1n) is 9.63. The quantitative estimate of drug-likeness (QED) is 0.446. The number of rotatable bonds is 9. The minimum atomic E-state index is -0.194. The Morgan fingerprint density at radius 2 is 2.04 bits per heavy atom. The SMILES string of the molecule is C=CC(=O)NCc1nc2ccccc2n1CCCCOc1ccc(C)cc1C. The monoisotopic (exact) mass is 377 g/mol. The number of fused-ring (bicyclic) bond motifs is 1. The summed E-state index contributed by atoms with van der Waals surface area (Å²) in [5.41, 5.74) is 4.44. The number of carbonyl (C=O) groups is 1. The molecule has 28 heavy (non-hydrogen) atoms. The van der Waals surface area contributed by atoms with Crippen LogP contribution in [0.2, 0.25) is 0 Å². The van der Waals surface area contributed by atoms with Crippen molar-refractivity contribution in [3.63, 3.8) is 0 Å². The standard InChI is InChI=1S/C23H27N3O2/c1-4-23(27)24-16-22-25-19-9-5-6-10-20(19)26(22)13-7-8-14-28-21-12-11-17(2)15-18(21)3/h4-6,9-12,15H,1,7-8,13-14,16H2,2-3H3,(H,24,27). The lowest BCUT2D eigenvalue weighted by molar-refractivity contribution is -0.116. The first-order valence-corrected chi connectivity index (χ1v) is 9.63. The fraction of sp³-hybridized carbons (Fsp3) is 0.304. The van der Waals surface area contributed by atoms with Gasteiger partial charge in [0.25, 0.3) is 0 Å². The highest BCUT2D eigenvalue weighted by Gasteiger charge is 2.10. The van der Waals surface area contributed by atoms with Gasteiger partial charge >= 0.3 is 0 Å². The Hall–Kier alpha value is -3.08. The zero-order valence-electron chi connectivity index (χ0n) is 16.6. The van der Waals surface area contributed by atoms with E-state index in [0.29, 0.717) is 13.2 Å². The van der Waals surface area contributed by atoms with E-state index in [1.165, 1.54) is 17.2 Å². The van der Waals surface area contributed by atoms with Gasteiger partial charge in [-0.15, -0.1) is 0 Å². The number of carbonyl (C=O) groups excluding carboxylic acids is 1. The molecule has 1 amide bonds. The van der Waals surface area contributed by atoms with E-state index in [9.17, 15) is 4.79 Å². The van der Waals surface area contributed by atoms with E-state index in [-0.39, 0.29) is 5.91 Å². The van der Waals surface area contributed by atoms with Crippen molar-refractivity contribution in [2.75, 3.05) is 6.61 Å². The maximum absolute atomic E-state index is 11.5. The van der Waals surface area contributed by atoms with E-state index in [4.69, 9.17) is 4.74 Å². The molecule has 0 spiro atoms. The molecule has 5 heteroatoms. The van der Waals surface area contributed by atoms with Crippen LogP contribution in [0, 0.1) is 13.8 Å². The number of nitrogens with zero attached hydrogens (tertiary/aromatic N) is 2. The number of nitrogens with one attached hydrogen (secondary N) is 1. The lowest BCUT2D eigenvalue weighted by Gasteiger charge is -2.12. The number of amides is 1. The summed E-state index contributed by atoms with van der Waals surface area (Å²) >= 11 is 0. The van der Waals surface area contributed by atoms with Gasteiger partial charge in [0.15, 0.2) is 0 Å². The molecule has 3 aromatic rings. The number of aryl methyl sites for hydroxylation is 3. The van der Waals surface area contributed by atoms with Crippen LogP contribution in [0.3, 0.4) is 0 Å². The van der Waals surface area contributed by atoms with Gasteiger partial charge < -0.3 is 14.6 Å². The lowest BCUT2D eigenvalue weighted by atomic mass is 10.1. The maximum Gasteiger partial charge on any atom is 0.243 e. The van der Waals surface area contributed by atoms with E-state index in [1.54, 1.807) is 0 Å². The molecule has 0 bridgehead atoms. The molecule has 0 unspecified atom stereocenters. The minimum Gasteiger partial charge on any atom is -0.493 e. The van der Waals surface area contributed by atoms with Crippen LogP contribution in [0.15, 0.2) is 55.1 Å². The second-order valence-electron chi connectivity index (χ2n) is 6.91. The van der Waals surface area contributed by atoms with Gasteiger partial charge in [0.05, 0.1) is 24.2 Å². The van der Waals surface area contributed by atoms with Crippen LogP contribution in [0.1, 0.15) is 29.8 Å². The summed E-state index contributed by atoms with van der Waals surface area (Å²) in [7, 11) is 0. The Balaban J connectivity index is 1.59. The molecular formula is C23H27N3O2. The van der Waals surface area contributed by atoms with Gasteiger partial charge in [-0.25, -0.2) is 4.98 Å². The number of hydrogen-bond acceptors (Lipinski definition) is 3. The topological polar surface area (TPSA) is 56.2 Å². The molecule has 0 radical (unpaired) electrons. The molecule has 2 aromatic carbocycles. The Kier molecular flexibility index (Phi) is 6.48. The summed E-state index contributed by atoms with van der Waals surface area (Å²) in [4.78, 5) is 16.2. The highest BCUT2D eigenvalue weighted by Crippen LogP contribution is 2.20. The summed E-state index contributed by atoms with van der Waals surface area (Å²) in [5.74, 6) is 1.61. The number of para-hydroxylation sites is 2. The van der Waals surface area contributed by atoms with Gasteiger partial charge in [-0.05, 0) is 56.5 Å². The Morgan fingerprint density at radius 1 is 1.21 bits per heavy atom. The number of aromatic nitrogens is 2. The third-order valence-corrected chi connectivity index (χ3v) is 4.70. The fourth-order valence-electron chi connectivity index (χ4n) is 3.26. The van der Waals surface area contributed by atoms with Gasteiger partial charge in [0.2, 0.25) is 5.91 Å². The average Bonchev–Trinajstić information content (AvgIpc) is 3.05. The molecule has 0 saturated heterocycles. The van der Waals surface area contributed by atoms with Crippen molar-refractivity contribution in [3.05, 3.63) is 72.1 Å². The molecule has 5 nitrogen and oxygen atoms in total. The molecule has 0 fully saturated rings. The molecule has 1 N–H and O–H groups in total. The molecule has 3 rings (SSSR count). The van der Waals surface area contributed by atoms with Crippen LogP contribution in [-0.4, -0.2) is 22.1 Å². The normalized spacial score (nSPS) is 10.8. The molecule has 0 aliphatic rings. The zero-order chi connectivity index (χ0) is 19.9. The molecule has 1 aromatic heterocycles. The van der Waals surface area contributed by atoms with Crippen LogP contribution in [-0.2, 0) is 17.9 Å². The van der Waals surface area contributed by atoms with Crippen molar-refractivity contribution in [2.45, 2.75) is 39.8 Å². The number of hydrogen-bond donors (Lipinski definition) is 1. The summed E-state index contributed by atoms with van der Waals surface area (Å²) in [6.07, 6.45) is 3.18. The van der Waals surface area contributed by atoms with Crippen molar-refractivity contribution >= 4 is 16.9 Å². The molecule has 0 aliphatic carbocycles. The zero-order valence-corrected chi connectivity index (χ0v) is 16.6. The smallest absolute Gasteiger partial charge is 0.243 e. The Bertz CT molecular complexity index is 975. The average molecular weight is 377 g/mol. The largest absolute Gasteiger partial charge is 0.493 e. The number of unbranched alkanes of at least 4 members (excludes halogenated alkanes) is 1. The molecular weight excluding hydrogens is 350 g/mol. The number of imidazole rings is 1. The first kappa shape index (κ1) is 19.7. The number of benzene rings is 2. The second-order valence-corrected chi connectivity index (χ2v) is 6.91. The van der Waals surface area contributed by atoms with Crippen LogP contribution in [0.25, 0.3) is 11.0 Å². The highest BCUT2D eigenvalue weighted by atomic mass is 16.5. The third kappa shape index (κ3) is 4.80. The van der Waals surface area contributed by atoms with Gasteiger partial charge in [-0.2, -0.15) is 0 Å². The van der Waals surface area contributed by atoms with Gasteiger partial charge in [-0.3, -0.25) is 4.79 Å². The van der Waals surface area contributed by atoms with Crippen LogP contribution < -0.4 is 10.1 Å². The van der Waals surface area contributed by atoms with Crippen molar-refractivity contribution in [1.82, 2.24) is 14.9 Å². The lowest BCUT2D eigenvalue weighted by Crippen LogP contribution is -2.22. The third-order valence-electron chi connectivity index (χ3n) is 4.70. The van der Waals surface area contributed by atoms with Crippen LogP contribution in [0.5, 0.6) is 5.75 Å². The van der Waals surface area contributed by atoms with Crippen molar-refractivity contribution < 1.29 is 9.53 Å². The minimum absolute atomic E-state index is 0.194. The van der Waals surface area contributed by atoms with Crippen LogP contribution >= 0.6 is 0 Å². The maximum atomic E-state index is 11.5. The molecule has 146 valence electrons. The molecule has 0 atom stereocenters. The first-order chi connectivity index (χ1) is 13.6. The summed E-state index contributed by atoms with van der Waals surface area (Å²) in [6.45, 7) is 9.55. The summed E-state index contributed by atoms with van der Waals surface area (Å²) in [5, 5.41) is 2.82.